The average molecular weight is 439 g/mol. The lowest BCUT2D eigenvalue weighted by Gasteiger charge is -2.34. The van der Waals surface area contributed by atoms with E-state index in [0.717, 1.165) is 10.5 Å². The molecular formula is C20H23ClN2O3S2. The second kappa shape index (κ2) is 9.31. The van der Waals surface area contributed by atoms with Crippen LogP contribution in [0.15, 0.2) is 58.3 Å². The number of carbonyl (C=O) groups is 1. The van der Waals surface area contributed by atoms with Gasteiger partial charge in [0, 0.05) is 48.3 Å². The Balaban J connectivity index is 1.48. The Morgan fingerprint density at radius 3 is 2.21 bits per heavy atom. The summed E-state index contributed by atoms with van der Waals surface area (Å²) in [6, 6.07) is 14.4. The highest BCUT2D eigenvalue weighted by atomic mass is 35.5. The molecule has 3 rings (SSSR count). The van der Waals surface area contributed by atoms with Gasteiger partial charge in [-0.25, -0.2) is 8.42 Å². The Morgan fingerprint density at radius 2 is 1.61 bits per heavy atom. The van der Waals surface area contributed by atoms with Gasteiger partial charge in [-0.15, -0.1) is 11.8 Å². The average Bonchev–Trinajstić information content (AvgIpc) is 2.70. The molecule has 2 aromatic carbocycles. The van der Waals surface area contributed by atoms with Crippen LogP contribution in [0.2, 0.25) is 5.02 Å². The smallest absolute Gasteiger partial charge is 0.243 e. The molecule has 0 bridgehead atoms. The van der Waals surface area contributed by atoms with Crippen molar-refractivity contribution in [1.29, 1.82) is 0 Å². The van der Waals surface area contributed by atoms with Crippen molar-refractivity contribution in [3.8, 4) is 0 Å². The van der Waals surface area contributed by atoms with Crippen molar-refractivity contribution < 1.29 is 13.2 Å². The van der Waals surface area contributed by atoms with Gasteiger partial charge >= 0.3 is 0 Å². The number of thioether (sulfide) groups is 1. The zero-order chi connectivity index (χ0) is 20.1. The fourth-order valence-corrected chi connectivity index (χ4v) is 5.37. The van der Waals surface area contributed by atoms with Crippen LogP contribution in [0.1, 0.15) is 12.0 Å². The van der Waals surface area contributed by atoms with Gasteiger partial charge in [0.1, 0.15) is 0 Å². The molecule has 28 heavy (non-hydrogen) atoms. The Hall–Kier alpha value is -1.54. The molecule has 1 heterocycles. The van der Waals surface area contributed by atoms with Gasteiger partial charge in [-0.3, -0.25) is 4.79 Å². The molecule has 1 aliphatic heterocycles. The third-order valence-corrected chi connectivity index (χ3v) is 7.83. The van der Waals surface area contributed by atoms with Crippen LogP contribution >= 0.6 is 23.4 Å². The number of hydrogen-bond donors (Lipinski definition) is 0. The van der Waals surface area contributed by atoms with Gasteiger partial charge in [0.15, 0.2) is 0 Å². The first-order valence-corrected chi connectivity index (χ1v) is 11.9. The standard InChI is InChI=1S/C20H23ClN2O3S2/c1-16-2-8-19(9-3-16)28(25,26)23-13-11-22(12-14-23)20(24)10-15-27-18-6-4-17(21)5-7-18/h2-9H,10-15H2,1H3. The number of carbonyl (C=O) groups excluding carboxylic acids is 1. The topological polar surface area (TPSA) is 57.7 Å². The first kappa shape index (κ1) is 21.2. The van der Waals surface area contributed by atoms with Crippen LogP contribution in [0.3, 0.4) is 0 Å². The first-order valence-electron chi connectivity index (χ1n) is 9.09. The van der Waals surface area contributed by atoms with E-state index in [0.29, 0.717) is 48.3 Å². The Morgan fingerprint density at radius 1 is 1.00 bits per heavy atom. The third-order valence-electron chi connectivity index (χ3n) is 4.65. The molecule has 5 nitrogen and oxygen atoms in total. The minimum absolute atomic E-state index is 0.0637. The zero-order valence-electron chi connectivity index (χ0n) is 15.7. The Bertz CT molecular complexity index is 907. The fourth-order valence-electron chi connectivity index (χ4n) is 2.98. The minimum Gasteiger partial charge on any atom is -0.340 e. The van der Waals surface area contributed by atoms with Gasteiger partial charge in [-0.05, 0) is 43.3 Å². The number of piperazine rings is 1. The summed E-state index contributed by atoms with van der Waals surface area (Å²) in [7, 11) is -3.50. The van der Waals surface area contributed by atoms with Crippen LogP contribution in [-0.4, -0.2) is 55.5 Å². The lowest BCUT2D eigenvalue weighted by atomic mass is 10.2. The SMILES string of the molecule is Cc1ccc(S(=O)(=O)N2CCN(C(=O)CCSc3ccc(Cl)cc3)CC2)cc1. The van der Waals surface area contributed by atoms with E-state index in [4.69, 9.17) is 11.6 Å². The molecule has 0 atom stereocenters. The highest BCUT2D eigenvalue weighted by Gasteiger charge is 2.29. The number of nitrogens with zero attached hydrogens (tertiary/aromatic N) is 2. The molecule has 1 aliphatic rings. The normalized spacial score (nSPS) is 15.6. The van der Waals surface area contributed by atoms with Crippen molar-refractivity contribution >= 4 is 39.3 Å². The number of benzene rings is 2. The monoisotopic (exact) mass is 438 g/mol. The number of rotatable bonds is 6. The van der Waals surface area contributed by atoms with Crippen LogP contribution in [0.25, 0.3) is 0 Å². The minimum atomic E-state index is -3.50. The van der Waals surface area contributed by atoms with E-state index >= 15 is 0 Å². The van der Waals surface area contributed by atoms with Gasteiger partial charge in [0.2, 0.25) is 15.9 Å². The van der Waals surface area contributed by atoms with Crippen molar-refractivity contribution in [2.24, 2.45) is 0 Å². The highest BCUT2D eigenvalue weighted by molar-refractivity contribution is 7.99. The maximum absolute atomic E-state index is 12.7. The van der Waals surface area contributed by atoms with Crippen LogP contribution < -0.4 is 0 Å². The summed E-state index contributed by atoms with van der Waals surface area (Å²) in [4.78, 5) is 15.6. The summed E-state index contributed by atoms with van der Waals surface area (Å²) in [5, 5.41) is 0.693. The van der Waals surface area contributed by atoms with Crippen molar-refractivity contribution in [2.45, 2.75) is 23.1 Å². The summed E-state index contributed by atoms with van der Waals surface area (Å²) >= 11 is 7.48. The summed E-state index contributed by atoms with van der Waals surface area (Å²) in [5.41, 5.74) is 1.02. The van der Waals surface area contributed by atoms with Gasteiger partial charge in [0.25, 0.3) is 0 Å². The second-order valence-electron chi connectivity index (χ2n) is 6.65. The third kappa shape index (κ3) is 5.29. The number of sulfonamides is 1. The molecule has 0 unspecified atom stereocenters. The van der Waals surface area contributed by atoms with Crippen molar-refractivity contribution in [3.05, 3.63) is 59.1 Å². The highest BCUT2D eigenvalue weighted by Crippen LogP contribution is 2.22. The van der Waals surface area contributed by atoms with E-state index in [9.17, 15) is 13.2 Å². The molecule has 0 spiro atoms. The van der Waals surface area contributed by atoms with Crippen LogP contribution in [0.4, 0.5) is 0 Å². The molecule has 1 amide bonds. The molecule has 0 radical (unpaired) electrons. The van der Waals surface area contributed by atoms with E-state index in [1.807, 2.05) is 31.2 Å². The van der Waals surface area contributed by atoms with Gasteiger partial charge in [0.05, 0.1) is 4.90 Å². The molecule has 0 aliphatic carbocycles. The van der Waals surface area contributed by atoms with Crippen molar-refractivity contribution in [2.75, 3.05) is 31.9 Å². The molecular weight excluding hydrogens is 416 g/mol. The Kier molecular flexibility index (Phi) is 7.04. The summed E-state index contributed by atoms with van der Waals surface area (Å²) in [6.07, 6.45) is 0.429. The molecule has 2 aromatic rings. The van der Waals surface area contributed by atoms with Crippen LogP contribution in [0.5, 0.6) is 0 Å². The van der Waals surface area contributed by atoms with E-state index in [1.165, 1.54) is 4.31 Å². The van der Waals surface area contributed by atoms with E-state index in [-0.39, 0.29) is 5.91 Å². The molecule has 8 heteroatoms. The molecule has 0 N–H and O–H groups in total. The van der Waals surface area contributed by atoms with E-state index < -0.39 is 10.0 Å². The number of hydrogen-bond acceptors (Lipinski definition) is 4. The number of amides is 1. The van der Waals surface area contributed by atoms with Crippen LogP contribution in [-0.2, 0) is 14.8 Å². The predicted octanol–water partition coefficient (Wildman–Crippen LogP) is 3.66. The second-order valence-corrected chi connectivity index (χ2v) is 10.2. The molecule has 0 aromatic heterocycles. The quantitative estimate of drug-likeness (QED) is 0.646. The molecule has 150 valence electrons. The fraction of sp³-hybridized carbons (Fsp3) is 0.350. The Labute approximate surface area is 175 Å². The summed E-state index contributed by atoms with van der Waals surface area (Å²) in [5.74, 6) is 0.747. The number of aryl methyl sites for hydroxylation is 1. The molecule has 0 saturated carbocycles. The van der Waals surface area contributed by atoms with Gasteiger partial charge in [-0.1, -0.05) is 29.3 Å². The predicted molar refractivity (Wildman–Crippen MR) is 113 cm³/mol. The number of halogens is 1. The molecule has 1 saturated heterocycles. The zero-order valence-corrected chi connectivity index (χ0v) is 18.1. The van der Waals surface area contributed by atoms with Gasteiger partial charge in [-0.2, -0.15) is 4.31 Å². The lowest BCUT2D eigenvalue weighted by Crippen LogP contribution is -2.50. The van der Waals surface area contributed by atoms with Crippen molar-refractivity contribution in [1.82, 2.24) is 9.21 Å². The summed E-state index contributed by atoms with van der Waals surface area (Å²) in [6.45, 7) is 3.43. The summed E-state index contributed by atoms with van der Waals surface area (Å²) < 4.78 is 26.9. The lowest BCUT2D eigenvalue weighted by molar-refractivity contribution is -0.131. The van der Waals surface area contributed by atoms with Gasteiger partial charge < -0.3 is 4.90 Å². The van der Waals surface area contributed by atoms with Crippen LogP contribution in [0, 0.1) is 6.92 Å². The van der Waals surface area contributed by atoms with Crippen molar-refractivity contribution in [3.63, 3.8) is 0 Å². The largest absolute Gasteiger partial charge is 0.340 e. The van der Waals surface area contributed by atoms with E-state index in [1.54, 1.807) is 40.9 Å². The maximum Gasteiger partial charge on any atom is 0.243 e. The molecule has 1 fully saturated rings. The maximum atomic E-state index is 12.7. The van der Waals surface area contributed by atoms with E-state index in [2.05, 4.69) is 0 Å². The first-order chi connectivity index (χ1) is 13.4.